The highest BCUT2D eigenvalue weighted by Gasteiger charge is 2.26. The molecule has 8 nitrogen and oxygen atoms in total. The molecule has 34 heavy (non-hydrogen) atoms. The number of aromatic nitrogens is 4. The molecule has 0 unspecified atom stereocenters. The van der Waals surface area contributed by atoms with Crippen LogP contribution in [0.15, 0.2) is 60.7 Å². The third-order valence-electron chi connectivity index (χ3n) is 6.10. The number of fused-ring (bicyclic) bond motifs is 1. The second kappa shape index (κ2) is 9.51. The molecule has 174 valence electrons. The number of hydrogen-bond acceptors (Lipinski definition) is 5. The summed E-state index contributed by atoms with van der Waals surface area (Å²) in [4.78, 5) is 26.7. The van der Waals surface area contributed by atoms with Gasteiger partial charge in [-0.1, -0.05) is 43.3 Å². The van der Waals surface area contributed by atoms with Crippen LogP contribution in [0.4, 0.5) is 16.3 Å². The average molecular weight is 456 g/mol. The highest BCUT2D eigenvalue weighted by Crippen LogP contribution is 2.30. The lowest BCUT2D eigenvalue weighted by molar-refractivity contribution is 0.208. The van der Waals surface area contributed by atoms with Gasteiger partial charge in [-0.3, -0.25) is 0 Å². The van der Waals surface area contributed by atoms with Gasteiger partial charge in [-0.2, -0.15) is 5.10 Å². The standard InChI is InChI=1S/C26H29N7O/c1-3-10-22-28-24(23-19(2)30-33(25(23)29-22)21-13-8-5-9-14-21)31-15-17-32(18-16-31)26(34)27-20-11-6-4-7-12-20/h4-9,11-14H,3,10,15-18H2,1-2H3,(H,27,34). The Kier molecular flexibility index (Phi) is 6.12. The lowest BCUT2D eigenvalue weighted by Crippen LogP contribution is -2.50. The molecule has 0 atom stereocenters. The van der Waals surface area contributed by atoms with Gasteiger partial charge in [-0.25, -0.2) is 19.4 Å². The third-order valence-corrected chi connectivity index (χ3v) is 6.10. The number of carbonyl (C=O) groups excluding carboxylic acids is 1. The average Bonchev–Trinajstić information content (AvgIpc) is 3.21. The first-order valence-electron chi connectivity index (χ1n) is 11.8. The van der Waals surface area contributed by atoms with E-state index in [-0.39, 0.29) is 6.03 Å². The summed E-state index contributed by atoms with van der Waals surface area (Å²) in [6.45, 7) is 6.80. The predicted octanol–water partition coefficient (Wildman–Crippen LogP) is 4.43. The molecule has 1 N–H and O–H groups in total. The van der Waals surface area contributed by atoms with Crippen molar-refractivity contribution in [1.29, 1.82) is 0 Å². The van der Waals surface area contributed by atoms with Crippen molar-refractivity contribution in [2.24, 2.45) is 0 Å². The van der Waals surface area contributed by atoms with Crippen LogP contribution in [0, 0.1) is 6.92 Å². The Bertz CT molecular complexity index is 1280. The highest BCUT2D eigenvalue weighted by atomic mass is 16.2. The molecule has 2 aromatic carbocycles. The molecule has 0 bridgehead atoms. The summed E-state index contributed by atoms with van der Waals surface area (Å²) in [7, 11) is 0. The molecule has 1 aliphatic rings. The van der Waals surface area contributed by atoms with Gasteiger partial charge in [0.1, 0.15) is 11.6 Å². The van der Waals surface area contributed by atoms with Crippen molar-refractivity contribution < 1.29 is 4.79 Å². The molecule has 4 aromatic rings. The number of piperazine rings is 1. The summed E-state index contributed by atoms with van der Waals surface area (Å²) in [5.74, 6) is 1.74. The SMILES string of the molecule is CCCc1nc(N2CCN(C(=O)Nc3ccccc3)CC2)c2c(C)nn(-c3ccccc3)c2n1. The van der Waals surface area contributed by atoms with E-state index in [0.717, 1.165) is 52.6 Å². The summed E-state index contributed by atoms with van der Waals surface area (Å²) < 4.78 is 1.92. The maximum absolute atomic E-state index is 12.7. The van der Waals surface area contributed by atoms with E-state index in [1.807, 2.05) is 77.2 Å². The van der Waals surface area contributed by atoms with Crippen LogP contribution in [-0.4, -0.2) is 56.9 Å². The lowest BCUT2D eigenvalue weighted by Gasteiger charge is -2.35. The first-order valence-corrected chi connectivity index (χ1v) is 11.8. The van der Waals surface area contributed by atoms with Crippen molar-refractivity contribution >= 4 is 28.6 Å². The number of carbonyl (C=O) groups is 1. The number of nitrogens with one attached hydrogen (secondary N) is 1. The first-order chi connectivity index (χ1) is 16.6. The fraction of sp³-hybridized carbons (Fsp3) is 0.308. The molecular formula is C26H29N7O. The number of hydrogen-bond donors (Lipinski definition) is 1. The van der Waals surface area contributed by atoms with Crippen LogP contribution in [-0.2, 0) is 6.42 Å². The molecule has 2 aromatic heterocycles. The quantitative estimate of drug-likeness (QED) is 0.482. The molecule has 5 rings (SSSR count). The fourth-order valence-electron chi connectivity index (χ4n) is 4.36. The Hall–Kier alpha value is -3.94. The second-order valence-corrected chi connectivity index (χ2v) is 8.52. The summed E-state index contributed by atoms with van der Waals surface area (Å²) in [6, 6.07) is 19.6. The number of benzene rings is 2. The zero-order chi connectivity index (χ0) is 23.5. The molecule has 3 heterocycles. The molecule has 0 radical (unpaired) electrons. The molecular weight excluding hydrogens is 426 g/mol. The Morgan fingerprint density at radius 3 is 2.29 bits per heavy atom. The predicted molar refractivity (Wildman–Crippen MR) is 135 cm³/mol. The van der Waals surface area contributed by atoms with Crippen molar-refractivity contribution in [2.45, 2.75) is 26.7 Å². The molecule has 1 saturated heterocycles. The minimum Gasteiger partial charge on any atom is -0.352 e. The first kappa shape index (κ1) is 21.9. The normalized spacial score (nSPS) is 13.9. The van der Waals surface area contributed by atoms with Crippen LogP contribution in [0.2, 0.25) is 0 Å². The van der Waals surface area contributed by atoms with Crippen LogP contribution in [0.25, 0.3) is 16.7 Å². The number of amides is 2. The Morgan fingerprint density at radius 1 is 0.941 bits per heavy atom. The number of aryl methyl sites for hydroxylation is 2. The van der Waals surface area contributed by atoms with Gasteiger partial charge >= 0.3 is 6.03 Å². The van der Waals surface area contributed by atoms with Gasteiger partial charge in [0.15, 0.2) is 5.65 Å². The zero-order valence-corrected chi connectivity index (χ0v) is 19.6. The van der Waals surface area contributed by atoms with Crippen molar-refractivity contribution in [3.63, 3.8) is 0 Å². The van der Waals surface area contributed by atoms with Gasteiger partial charge in [-0.15, -0.1) is 0 Å². The lowest BCUT2D eigenvalue weighted by atomic mass is 10.2. The van der Waals surface area contributed by atoms with E-state index in [2.05, 4.69) is 17.1 Å². The van der Waals surface area contributed by atoms with Crippen LogP contribution >= 0.6 is 0 Å². The second-order valence-electron chi connectivity index (χ2n) is 8.52. The van der Waals surface area contributed by atoms with Crippen molar-refractivity contribution in [3.8, 4) is 5.69 Å². The van der Waals surface area contributed by atoms with E-state index in [1.165, 1.54) is 0 Å². The molecule has 1 aliphatic heterocycles. The van der Waals surface area contributed by atoms with Crippen LogP contribution in [0.1, 0.15) is 24.9 Å². The van der Waals surface area contributed by atoms with E-state index >= 15 is 0 Å². The number of para-hydroxylation sites is 2. The van der Waals surface area contributed by atoms with E-state index < -0.39 is 0 Å². The third kappa shape index (κ3) is 4.31. The summed E-state index contributed by atoms with van der Waals surface area (Å²) in [6.07, 6.45) is 1.78. The largest absolute Gasteiger partial charge is 0.352 e. The van der Waals surface area contributed by atoms with E-state index in [0.29, 0.717) is 26.2 Å². The fourth-order valence-corrected chi connectivity index (χ4v) is 4.36. The van der Waals surface area contributed by atoms with Crippen molar-refractivity contribution in [1.82, 2.24) is 24.6 Å². The van der Waals surface area contributed by atoms with Gasteiger partial charge in [0, 0.05) is 38.3 Å². The van der Waals surface area contributed by atoms with Gasteiger partial charge in [0.25, 0.3) is 0 Å². The maximum atomic E-state index is 12.7. The maximum Gasteiger partial charge on any atom is 0.321 e. The molecule has 0 saturated carbocycles. The summed E-state index contributed by atoms with van der Waals surface area (Å²) >= 11 is 0. The Morgan fingerprint density at radius 2 is 1.62 bits per heavy atom. The van der Waals surface area contributed by atoms with E-state index in [9.17, 15) is 4.79 Å². The van der Waals surface area contributed by atoms with Gasteiger partial charge in [0.2, 0.25) is 0 Å². The van der Waals surface area contributed by atoms with E-state index in [4.69, 9.17) is 15.1 Å². The molecule has 0 spiro atoms. The van der Waals surface area contributed by atoms with Crippen molar-refractivity contribution in [2.75, 3.05) is 36.4 Å². The number of urea groups is 1. The molecule has 8 heteroatoms. The number of anilines is 2. The summed E-state index contributed by atoms with van der Waals surface area (Å²) in [5.41, 5.74) is 3.53. The smallest absolute Gasteiger partial charge is 0.321 e. The monoisotopic (exact) mass is 455 g/mol. The number of rotatable bonds is 5. The molecule has 1 fully saturated rings. The molecule has 0 aliphatic carbocycles. The van der Waals surface area contributed by atoms with E-state index in [1.54, 1.807) is 0 Å². The van der Waals surface area contributed by atoms with Crippen LogP contribution < -0.4 is 10.2 Å². The van der Waals surface area contributed by atoms with Crippen LogP contribution in [0.5, 0.6) is 0 Å². The topological polar surface area (TPSA) is 79.2 Å². The minimum atomic E-state index is -0.0709. The number of nitrogens with zero attached hydrogens (tertiary/aromatic N) is 6. The van der Waals surface area contributed by atoms with Crippen LogP contribution in [0.3, 0.4) is 0 Å². The van der Waals surface area contributed by atoms with Gasteiger partial charge in [-0.05, 0) is 37.6 Å². The van der Waals surface area contributed by atoms with Crippen molar-refractivity contribution in [3.05, 3.63) is 72.2 Å². The Balaban J connectivity index is 1.42. The highest BCUT2D eigenvalue weighted by molar-refractivity contribution is 5.92. The van der Waals surface area contributed by atoms with Gasteiger partial charge < -0.3 is 15.1 Å². The molecule has 2 amide bonds. The Labute approximate surface area is 199 Å². The minimum absolute atomic E-state index is 0.0709. The van der Waals surface area contributed by atoms with Gasteiger partial charge in [0.05, 0.1) is 16.8 Å². The zero-order valence-electron chi connectivity index (χ0n) is 19.6. The summed E-state index contributed by atoms with van der Waals surface area (Å²) in [5, 5.41) is 8.78.